The van der Waals surface area contributed by atoms with Crippen LogP contribution in [0.1, 0.15) is 10.4 Å². The number of hydrogen-bond acceptors (Lipinski definition) is 5. The lowest BCUT2D eigenvalue weighted by Crippen LogP contribution is -2.30. The maximum Gasteiger partial charge on any atom is 0.272 e. The first-order chi connectivity index (χ1) is 10.6. The van der Waals surface area contributed by atoms with E-state index < -0.39 is 4.92 Å². The van der Waals surface area contributed by atoms with Gasteiger partial charge in [0, 0.05) is 23.1 Å². The van der Waals surface area contributed by atoms with Gasteiger partial charge in [0.25, 0.3) is 11.6 Å². The van der Waals surface area contributed by atoms with E-state index in [-0.39, 0.29) is 18.2 Å². The van der Waals surface area contributed by atoms with E-state index in [1.807, 2.05) is 17.5 Å². The van der Waals surface area contributed by atoms with Crippen molar-refractivity contribution < 1.29 is 14.5 Å². The van der Waals surface area contributed by atoms with Crippen molar-refractivity contribution in [1.82, 2.24) is 5.32 Å². The second kappa shape index (κ2) is 7.56. The highest BCUT2D eigenvalue weighted by Crippen LogP contribution is 2.22. The summed E-state index contributed by atoms with van der Waals surface area (Å²) in [7, 11) is 0. The van der Waals surface area contributed by atoms with Crippen LogP contribution in [0.15, 0.2) is 35.7 Å². The van der Waals surface area contributed by atoms with E-state index in [0.29, 0.717) is 17.9 Å². The number of nitrogens with zero attached hydrogens (tertiary/aromatic N) is 1. The molecule has 0 unspecified atom stereocenters. The number of amides is 1. The summed E-state index contributed by atoms with van der Waals surface area (Å²) in [5, 5.41) is 15.5. The summed E-state index contributed by atoms with van der Waals surface area (Å²) in [6, 6.07) is 8.41. The number of nitro groups is 1. The second-order valence-electron chi connectivity index (χ2n) is 4.67. The maximum absolute atomic E-state index is 11.7. The molecule has 1 aromatic heterocycles. The number of carbonyl (C=O) groups excluding carboxylic acids is 1. The van der Waals surface area contributed by atoms with Gasteiger partial charge in [0.1, 0.15) is 5.75 Å². The Balaban J connectivity index is 1.76. The molecule has 2 rings (SSSR count). The Labute approximate surface area is 131 Å². The molecule has 0 atom stereocenters. The minimum absolute atomic E-state index is 0.0350. The zero-order valence-corrected chi connectivity index (χ0v) is 12.9. The molecule has 0 aliphatic carbocycles. The van der Waals surface area contributed by atoms with Crippen LogP contribution in [0.2, 0.25) is 0 Å². The summed E-state index contributed by atoms with van der Waals surface area (Å²) in [4.78, 5) is 23.1. The minimum atomic E-state index is -0.448. The van der Waals surface area contributed by atoms with Gasteiger partial charge >= 0.3 is 0 Å². The van der Waals surface area contributed by atoms with Crippen molar-refractivity contribution in [3.05, 3.63) is 56.3 Å². The molecule has 2 aromatic rings. The van der Waals surface area contributed by atoms with Gasteiger partial charge in [0.2, 0.25) is 0 Å². The number of thiophene rings is 1. The SMILES string of the molecule is Cc1cc(OCC(=O)NCCc2cccs2)ccc1[N+](=O)[O-]. The van der Waals surface area contributed by atoms with Crippen LogP contribution in [-0.4, -0.2) is 24.0 Å². The van der Waals surface area contributed by atoms with Gasteiger partial charge in [-0.05, 0) is 36.9 Å². The van der Waals surface area contributed by atoms with Crippen LogP contribution in [0.4, 0.5) is 5.69 Å². The fourth-order valence-corrected chi connectivity index (χ4v) is 2.61. The second-order valence-corrected chi connectivity index (χ2v) is 5.71. The van der Waals surface area contributed by atoms with Crippen LogP contribution < -0.4 is 10.1 Å². The van der Waals surface area contributed by atoms with Gasteiger partial charge in [0.05, 0.1) is 4.92 Å². The first kappa shape index (κ1) is 16.0. The molecule has 116 valence electrons. The number of ether oxygens (including phenoxy) is 1. The van der Waals surface area contributed by atoms with Crippen molar-refractivity contribution in [3.63, 3.8) is 0 Å². The number of nitro benzene ring substituents is 1. The highest BCUT2D eigenvalue weighted by Gasteiger charge is 2.11. The molecule has 0 saturated heterocycles. The van der Waals surface area contributed by atoms with Gasteiger partial charge in [-0.2, -0.15) is 0 Å². The van der Waals surface area contributed by atoms with E-state index in [4.69, 9.17) is 4.74 Å². The lowest BCUT2D eigenvalue weighted by Gasteiger charge is -2.08. The molecule has 1 aromatic carbocycles. The topological polar surface area (TPSA) is 81.5 Å². The van der Waals surface area contributed by atoms with E-state index in [0.717, 1.165) is 6.42 Å². The summed E-state index contributed by atoms with van der Waals surface area (Å²) in [6.07, 6.45) is 0.792. The lowest BCUT2D eigenvalue weighted by atomic mass is 10.2. The van der Waals surface area contributed by atoms with Crippen LogP contribution in [0, 0.1) is 17.0 Å². The number of aryl methyl sites for hydroxylation is 1. The molecule has 1 heterocycles. The fraction of sp³-hybridized carbons (Fsp3) is 0.267. The summed E-state index contributed by atoms with van der Waals surface area (Å²) < 4.78 is 5.34. The third-order valence-corrected chi connectivity index (χ3v) is 3.94. The average molecular weight is 320 g/mol. The van der Waals surface area contributed by atoms with E-state index in [1.165, 1.54) is 17.0 Å². The van der Waals surface area contributed by atoms with Crippen LogP contribution in [0.5, 0.6) is 5.75 Å². The molecular formula is C15H16N2O4S. The minimum Gasteiger partial charge on any atom is -0.484 e. The van der Waals surface area contributed by atoms with Crippen molar-refractivity contribution in [2.75, 3.05) is 13.2 Å². The van der Waals surface area contributed by atoms with Crippen molar-refractivity contribution in [2.45, 2.75) is 13.3 Å². The monoisotopic (exact) mass is 320 g/mol. The molecular weight excluding hydrogens is 304 g/mol. The zero-order valence-electron chi connectivity index (χ0n) is 12.1. The Hall–Kier alpha value is -2.41. The Morgan fingerprint density at radius 1 is 1.41 bits per heavy atom. The fourth-order valence-electron chi connectivity index (χ4n) is 1.90. The number of hydrogen-bond donors (Lipinski definition) is 1. The number of nitrogens with one attached hydrogen (secondary N) is 1. The molecule has 0 bridgehead atoms. The highest BCUT2D eigenvalue weighted by molar-refractivity contribution is 7.09. The Kier molecular flexibility index (Phi) is 5.48. The highest BCUT2D eigenvalue weighted by atomic mass is 32.1. The molecule has 0 saturated carbocycles. The molecule has 0 spiro atoms. The first-order valence-electron chi connectivity index (χ1n) is 6.73. The van der Waals surface area contributed by atoms with Gasteiger partial charge in [-0.15, -0.1) is 11.3 Å². The summed E-state index contributed by atoms with van der Waals surface area (Å²) >= 11 is 1.65. The van der Waals surface area contributed by atoms with Gasteiger partial charge in [-0.3, -0.25) is 14.9 Å². The van der Waals surface area contributed by atoms with Crippen LogP contribution in [-0.2, 0) is 11.2 Å². The molecule has 1 amide bonds. The molecule has 22 heavy (non-hydrogen) atoms. The largest absolute Gasteiger partial charge is 0.484 e. The van der Waals surface area contributed by atoms with Gasteiger partial charge in [-0.25, -0.2) is 0 Å². The van der Waals surface area contributed by atoms with E-state index in [2.05, 4.69) is 5.32 Å². The molecule has 1 N–H and O–H groups in total. The molecule has 0 aliphatic rings. The average Bonchev–Trinajstić information content (AvgIpc) is 2.98. The van der Waals surface area contributed by atoms with Crippen molar-refractivity contribution in [1.29, 1.82) is 0 Å². The standard InChI is InChI=1S/C15H16N2O4S/c1-11-9-12(4-5-14(11)17(19)20)21-10-15(18)16-7-6-13-3-2-8-22-13/h2-5,8-9H,6-7,10H2,1H3,(H,16,18). The Bertz CT molecular complexity index is 656. The van der Waals surface area contributed by atoms with Crippen molar-refractivity contribution in [2.24, 2.45) is 0 Å². The number of carbonyl (C=O) groups is 1. The lowest BCUT2D eigenvalue weighted by molar-refractivity contribution is -0.385. The summed E-state index contributed by atoms with van der Waals surface area (Å²) in [5.41, 5.74) is 0.536. The van der Waals surface area contributed by atoms with Crippen molar-refractivity contribution in [3.8, 4) is 5.75 Å². The first-order valence-corrected chi connectivity index (χ1v) is 7.61. The smallest absolute Gasteiger partial charge is 0.272 e. The number of benzene rings is 1. The number of rotatable bonds is 7. The quantitative estimate of drug-likeness (QED) is 0.628. The normalized spacial score (nSPS) is 10.2. The Morgan fingerprint density at radius 2 is 2.23 bits per heavy atom. The van der Waals surface area contributed by atoms with Gasteiger partial charge in [0.15, 0.2) is 6.61 Å². The third kappa shape index (κ3) is 4.56. The van der Waals surface area contributed by atoms with Crippen molar-refractivity contribution >= 4 is 22.9 Å². The molecule has 0 fully saturated rings. The van der Waals surface area contributed by atoms with Crippen LogP contribution >= 0.6 is 11.3 Å². The zero-order chi connectivity index (χ0) is 15.9. The predicted octanol–water partition coefficient (Wildman–Crippen LogP) is 2.70. The van der Waals surface area contributed by atoms with Gasteiger partial charge < -0.3 is 10.1 Å². The molecule has 6 nitrogen and oxygen atoms in total. The summed E-state index contributed by atoms with van der Waals surface area (Å²) in [5.74, 6) is 0.226. The van der Waals surface area contributed by atoms with Crippen LogP contribution in [0.3, 0.4) is 0 Å². The summed E-state index contributed by atoms with van der Waals surface area (Å²) in [6.45, 7) is 2.08. The van der Waals surface area contributed by atoms with E-state index in [1.54, 1.807) is 24.3 Å². The van der Waals surface area contributed by atoms with Crippen LogP contribution in [0.25, 0.3) is 0 Å². The molecule has 0 aliphatic heterocycles. The van der Waals surface area contributed by atoms with E-state index in [9.17, 15) is 14.9 Å². The third-order valence-electron chi connectivity index (χ3n) is 3.01. The Morgan fingerprint density at radius 3 is 2.86 bits per heavy atom. The molecule has 0 radical (unpaired) electrons. The van der Waals surface area contributed by atoms with E-state index >= 15 is 0 Å². The molecule has 7 heteroatoms. The predicted molar refractivity (Wildman–Crippen MR) is 84.4 cm³/mol. The van der Waals surface area contributed by atoms with Gasteiger partial charge in [-0.1, -0.05) is 6.07 Å². The maximum atomic E-state index is 11.7.